The highest BCUT2D eigenvalue weighted by molar-refractivity contribution is 9.09. The van der Waals surface area contributed by atoms with Crippen LogP contribution in [0.4, 0.5) is 0 Å². The molecule has 1 unspecified atom stereocenters. The molecule has 0 spiro atoms. The van der Waals surface area contributed by atoms with Crippen LogP contribution in [0.1, 0.15) is 46.5 Å². The van der Waals surface area contributed by atoms with Crippen LogP contribution in [0, 0.1) is 11.3 Å². The van der Waals surface area contributed by atoms with Crippen molar-refractivity contribution in [1.82, 2.24) is 0 Å². The molecule has 3 atom stereocenters. The molecule has 1 aliphatic rings. The van der Waals surface area contributed by atoms with E-state index in [9.17, 15) is 5.11 Å². The maximum atomic E-state index is 10.0. The van der Waals surface area contributed by atoms with Gasteiger partial charge in [0.2, 0.25) is 0 Å². The first-order valence-corrected chi connectivity index (χ1v) is 7.30. The summed E-state index contributed by atoms with van der Waals surface area (Å²) in [6.07, 6.45) is 5.63. The standard InChI is InChI=1S/C15H25BrO/c1-6-15(5,17)10-9-12-11(2)7-8-13(16)14(12,3)4/h6,12-13,17H,1-2,7-10H2,3-5H3/t12-,13-,15?/m1/s1. The molecule has 0 aromatic carbocycles. The zero-order valence-corrected chi connectivity index (χ0v) is 12.9. The molecule has 0 aromatic rings. The summed E-state index contributed by atoms with van der Waals surface area (Å²) in [5, 5.41) is 10.0. The fraction of sp³-hybridized carbons (Fsp3) is 0.733. The van der Waals surface area contributed by atoms with Gasteiger partial charge in [0.15, 0.2) is 0 Å². The molecule has 0 radical (unpaired) electrons. The molecular weight excluding hydrogens is 276 g/mol. The van der Waals surface area contributed by atoms with Crippen molar-refractivity contribution in [2.24, 2.45) is 11.3 Å². The second-order valence-corrected chi connectivity index (χ2v) is 7.24. The number of hydrogen-bond acceptors (Lipinski definition) is 1. The average Bonchev–Trinajstić information content (AvgIpc) is 2.23. The first-order valence-electron chi connectivity index (χ1n) is 6.38. The van der Waals surface area contributed by atoms with E-state index in [1.54, 1.807) is 6.08 Å². The van der Waals surface area contributed by atoms with Crippen LogP contribution >= 0.6 is 15.9 Å². The van der Waals surface area contributed by atoms with Crippen molar-refractivity contribution in [2.75, 3.05) is 0 Å². The van der Waals surface area contributed by atoms with Gasteiger partial charge in [0.05, 0.1) is 5.60 Å². The minimum atomic E-state index is -0.754. The van der Waals surface area contributed by atoms with Gasteiger partial charge in [-0.05, 0) is 43.9 Å². The van der Waals surface area contributed by atoms with Crippen LogP contribution in [0.15, 0.2) is 24.8 Å². The highest BCUT2D eigenvalue weighted by atomic mass is 79.9. The summed E-state index contributed by atoms with van der Waals surface area (Å²) in [6, 6.07) is 0. The Hall–Kier alpha value is -0.0800. The third-order valence-corrected chi connectivity index (χ3v) is 5.93. The van der Waals surface area contributed by atoms with Crippen molar-refractivity contribution < 1.29 is 5.11 Å². The predicted octanol–water partition coefficient (Wildman–Crippen LogP) is 4.46. The third kappa shape index (κ3) is 3.45. The first kappa shape index (κ1) is 15.0. The highest BCUT2D eigenvalue weighted by Crippen LogP contribution is 2.49. The van der Waals surface area contributed by atoms with Crippen molar-refractivity contribution in [3.05, 3.63) is 24.8 Å². The molecule has 1 nitrogen and oxygen atoms in total. The first-order chi connectivity index (χ1) is 7.70. The monoisotopic (exact) mass is 300 g/mol. The Bertz CT molecular complexity index is 304. The molecule has 1 rings (SSSR count). The van der Waals surface area contributed by atoms with Crippen LogP contribution in [0.25, 0.3) is 0 Å². The molecule has 0 amide bonds. The van der Waals surface area contributed by atoms with Gasteiger partial charge in [0.1, 0.15) is 0 Å². The van der Waals surface area contributed by atoms with E-state index in [0.29, 0.717) is 10.7 Å². The van der Waals surface area contributed by atoms with Gasteiger partial charge < -0.3 is 5.11 Å². The van der Waals surface area contributed by atoms with Gasteiger partial charge >= 0.3 is 0 Å². The summed E-state index contributed by atoms with van der Waals surface area (Å²) >= 11 is 3.79. The van der Waals surface area contributed by atoms with E-state index in [4.69, 9.17) is 0 Å². The molecule has 2 heteroatoms. The fourth-order valence-corrected chi connectivity index (χ4v) is 3.27. The molecule has 0 bridgehead atoms. The minimum Gasteiger partial charge on any atom is -0.386 e. The molecule has 0 heterocycles. The van der Waals surface area contributed by atoms with E-state index in [0.717, 1.165) is 19.3 Å². The number of aliphatic hydroxyl groups is 1. The topological polar surface area (TPSA) is 20.2 Å². The lowest BCUT2D eigenvalue weighted by Crippen LogP contribution is -2.39. The summed E-state index contributed by atoms with van der Waals surface area (Å²) in [7, 11) is 0. The van der Waals surface area contributed by atoms with Crippen LogP contribution in [0.3, 0.4) is 0 Å². The highest BCUT2D eigenvalue weighted by Gasteiger charge is 2.41. The SMILES string of the molecule is C=CC(C)(O)CC[C@@H]1C(=C)CC[C@@H](Br)C1(C)C. The molecule has 1 aliphatic carbocycles. The van der Waals surface area contributed by atoms with E-state index in [1.807, 2.05) is 6.92 Å². The van der Waals surface area contributed by atoms with E-state index < -0.39 is 5.60 Å². The largest absolute Gasteiger partial charge is 0.386 e. The predicted molar refractivity (Wildman–Crippen MR) is 78.4 cm³/mol. The Balaban J connectivity index is 2.73. The minimum absolute atomic E-state index is 0.215. The van der Waals surface area contributed by atoms with E-state index in [2.05, 4.69) is 42.9 Å². The zero-order chi connectivity index (χ0) is 13.3. The van der Waals surface area contributed by atoms with Crippen molar-refractivity contribution in [2.45, 2.75) is 56.9 Å². The average molecular weight is 301 g/mol. The van der Waals surface area contributed by atoms with Crippen LogP contribution < -0.4 is 0 Å². The van der Waals surface area contributed by atoms with E-state index >= 15 is 0 Å². The number of allylic oxidation sites excluding steroid dienone is 1. The molecule has 0 aromatic heterocycles. The van der Waals surface area contributed by atoms with Gasteiger partial charge in [-0.15, -0.1) is 6.58 Å². The number of rotatable bonds is 4. The molecule has 0 aliphatic heterocycles. The van der Waals surface area contributed by atoms with Gasteiger partial charge in [-0.2, -0.15) is 0 Å². The Labute approximate surface area is 114 Å². The summed E-state index contributed by atoms with van der Waals surface area (Å²) in [5.41, 5.74) is 0.799. The van der Waals surface area contributed by atoms with Gasteiger partial charge in [-0.3, -0.25) is 0 Å². The van der Waals surface area contributed by atoms with E-state index in [-0.39, 0.29) is 5.41 Å². The van der Waals surface area contributed by atoms with Gasteiger partial charge in [0, 0.05) is 4.83 Å². The van der Waals surface area contributed by atoms with Gasteiger partial charge in [-0.25, -0.2) is 0 Å². The lowest BCUT2D eigenvalue weighted by molar-refractivity contribution is 0.0813. The van der Waals surface area contributed by atoms with Gasteiger partial charge in [0.25, 0.3) is 0 Å². The Kier molecular flexibility index (Phi) is 4.65. The number of alkyl halides is 1. The Morgan fingerprint density at radius 1 is 1.59 bits per heavy atom. The van der Waals surface area contributed by atoms with Crippen molar-refractivity contribution in [1.29, 1.82) is 0 Å². The van der Waals surface area contributed by atoms with Crippen molar-refractivity contribution >= 4 is 15.9 Å². The van der Waals surface area contributed by atoms with Gasteiger partial charge in [-0.1, -0.05) is 48.0 Å². The molecule has 1 saturated carbocycles. The zero-order valence-electron chi connectivity index (χ0n) is 11.3. The molecule has 17 heavy (non-hydrogen) atoms. The summed E-state index contributed by atoms with van der Waals surface area (Å²) < 4.78 is 0. The summed E-state index contributed by atoms with van der Waals surface area (Å²) in [6.45, 7) is 14.3. The maximum absolute atomic E-state index is 10.0. The fourth-order valence-electron chi connectivity index (χ4n) is 2.72. The van der Waals surface area contributed by atoms with Crippen LogP contribution in [0.5, 0.6) is 0 Å². The van der Waals surface area contributed by atoms with Crippen molar-refractivity contribution in [3.8, 4) is 0 Å². The molecule has 98 valence electrons. The number of hydrogen-bond donors (Lipinski definition) is 1. The van der Waals surface area contributed by atoms with Crippen LogP contribution in [-0.2, 0) is 0 Å². The molecule has 0 saturated heterocycles. The van der Waals surface area contributed by atoms with Crippen molar-refractivity contribution in [3.63, 3.8) is 0 Å². The normalized spacial score (nSPS) is 31.9. The summed E-state index contributed by atoms with van der Waals surface area (Å²) in [5.74, 6) is 0.479. The van der Waals surface area contributed by atoms with Crippen LogP contribution in [0.2, 0.25) is 0 Å². The molecule has 1 fully saturated rings. The summed E-state index contributed by atoms with van der Waals surface area (Å²) in [4.78, 5) is 0.541. The second kappa shape index (κ2) is 5.27. The third-order valence-electron chi connectivity index (χ3n) is 4.30. The van der Waals surface area contributed by atoms with E-state index in [1.165, 1.54) is 12.0 Å². The Morgan fingerprint density at radius 2 is 2.18 bits per heavy atom. The van der Waals surface area contributed by atoms with Crippen LogP contribution in [-0.4, -0.2) is 15.5 Å². The lowest BCUT2D eigenvalue weighted by Gasteiger charge is -2.45. The smallest absolute Gasteiger partial charge is 0.0797 e. The lowest BCUT2D eigenvalue weighted by atomic mass is 9.64. The Morgan fingerprint density at radius 3 is 2.71 bits per heavy atom. The maximum Gasteiger partial charge on any atom is 0.0797 e. The molecule has 1 N–H and O–H groups in total. The number of halogens is 1. The quantitative estimate of drug-likeness (QED) is 0.600. The second-order valence-electron chi connectivity index (χ2n) is 6.14. The molecular formula is C15H25BrO.